The fraction of sp³-hybridized carbons (Fsp3) is 0.417. The van der Waals surface area contributed by atoms with Crippen LogP contribution in [0.25, 0.3) is 0 Å². The number of carbonyl (C=O) groups excluding carboxylic acids is 1. The molecule has 3 N–H and O–H groups in total. The van der Waals surface area contributed by atoms with E-state index in [9.17, 15) is 4.79 Å². The van der Waals surface area contributed by atoms with E-state index in [2.05, 4.69) is 5.32 Å². The minimum atomic E-state index is -0.370. The van der Waals surface area contributed by atoms with Crippen LogP contribution in [-0.2, 0) is 10.2 Å². The van der Waals surface area contributed by atoms with Gasteiger partial charge < -0.3 is 11.1 Å². The van der Waals surface area contributed by atoms with E-state index in [0.29, 0.717) is 0 Å². The molecule has 0 aromatic heterocycles. The Labute approximate surface area is 89.7 Å². The number of carbonyl (C=O) groups is 1. The molecule has 0 saturated carbocycles. The third kappa shape index (κ3) is 1.23. The molecule has 0 fully saturated rings. The van der Waals surface area contributed by atoms with Gasteiger partial charge in [0.2, 0.25) is 5.91 Å². The summed E-state index contributed by atoms with van der Waals surface area (Å²) >= 11 is 0. The lowest BCUT2D eigenvalue weighted by Crippen LogP contribution is -2.32. The highest BCUT2D eigenvalue weighted by atomic mass is 16.2. The van der Waals surface area contributed by atoms with Crippen molar-refractivity contribution >= 4 is 17.3 Å². The van der Waals surface area contributed by atoms with Crippen molar-refractivity contribution in [3.8, 4) is 0 Å². The zero-order valence-corrected chi connectivity index (χ0v) is 9.13. The molecule has 1 aromatic rings. The second-order valence-corrected chi connectivity index (χ2v) is 4.05. The van der Waals surface area contributed by atoms with Crippen molar-refractivity contribution in [1.82, 2.24) is 0 Å². The Balaban J connectivity index is 2.61. The van der Waals surface area contributed by atoms with Crippen LogP contribution in [0.2, 0.25) is 0 Å². The van der Waals surface area contributed by atoms with E-state index in [1.807, 2.05) is 32.0 Å². The number of anilines is 2. The normalized spacial score (nSPS) is 17.3. The second-order valence-electron chi connectivity index (χ2n) is 4.05. The van der Waals surface area contributed by atoms with E-state index in [0.717, 1.165) is 29.8 Å². The molecule has 80 valence electrons. The van der Waals surface area contributed by atoms with Crippen molar-refractivity contribution in [2.24, 2.45) is 0 Å². The molecule has 2 rings (SSSR count). The van der Waals surface area contributed by atoms with Crippen LogP contribution in [-0.4, -0.2) is 5.91 Å². The molecule has 0 aliphatic carbocycles. The molecule has 0 saturated heterocycles. The van der Waals surface area contributed by atoms with Gasteiger partial charge in [-0.05, 0) is 36.6 Å². The van der Waals surface area contributed by atoms with Crippen LogP contribution in [0, 0.1) is 0 Å². The molecule has 1 aliphatic heterocycles. The SMILES string of the molecule is CCC1(CC)C(=O)Nc2ccc(N)cc21. The Morgan fingerprint density at radius 3 is 2.60 bits per heavy atom. The van der Waals surface area contributed by atoms with Gasteiger partial charge in [-0.3, -0.25) is 4.79 Å². The van der Waals surface area contributed by atoms with Gasteiger partial charge in [-0.25, -0.2) is 0 Å². The number of nitrogens with two attached hydrogens (primary N) is 1. The summed E-state index contributed by atoms with van der Waals surface area (Å²) in [6, 6.07) is 5.62. The van der Waals surface area contributed by atoms with Gasteiger partial charge in [0, 0.05) is 11.4 Å². The van der Waals surface area contributed by atoms with E-state index >= 15 is 0 Å². The molecule has 0 radical (unpaired) electrons. The van der Waals surface area contributed by atoms with Crippen LogP contribution in [0.15, 0.2) is 18.2 Å². The third-order valence-corrected chi connectivity index (χ3v) is 3.45. The molecular formula is C12H16N2O. The average molecular weight is 204 g/mol. The lowest BCUT2D eigenvalue weighted by atomic mass is 9.77. The standard InChI is InChI=1S/C12H16N2O/c1-3-12(4-2)9-7-8(13)5-6-10(9)14-11(12)15/h5-7H,3-4,13H2,1-2H3,(H,14,15). The minimum Gasteiger partial charge on any atom is -0.399 e. The molecule has 1 aromatic carbocycles. The predicted molar refractivity (Wildman–Crippen MR) is 61.7 cm³/mol. The van der Waals surface area contributed by atoms with E-state index in [4.69, 9.17) is 5.73 Å². The fourth-order valence-corrected chi connectivity index (χ4v) is 2.38. The lowest BCUT2D eigenvalue weighted by Gasteiger charge is -2.24. The summed E-state index contributed by atoms with van der Waals surface area (Å²) in [5.74, 6) is 0.105. The molecule has 3 heteroatoms. The van der Waals surface area contributed by atoms with Crippen molar-refractivity contribution < 1.29 is 4.79 Å². The smallest absolute Gasteiger partial charge is 0.235 e. The molecule has 1 amide bonds. The van der Waals surface area contributed by atoms with Crippen LogP contribution in [0.4, 0.5) is 11.4 Å². The van der Waals surface area contributed by atoms with Gasteiger partial charge >= 0.3 is 0 Å². The maximum atomic E-state index is 12.0. The number of fused-ring (bicyclic) bond motifs is 1. The highest BCUT2D eigenvalue weighted by Gasteiger charge is 2.43. The van der Waals surface area contributed by atoms with Gasteiger partial charge in [-0.1, -0.05) is 13.8 Å². The molecule has 0 unspecified atom stereocenters. The molecule has 1 heterocycles. The summed E-state index contributed by atoms with van der Waals surface area (Å²) in [6.07, 6.45) is 1.62. The van der Waals surface area contributed by atoms with Crippen LogP contribution >= 0.6 is 0 Å². The summed E-state index contributed by atoms with van der Waals surface area (Å²) in [6.45, 7) is 4.09. The van der Waals surface area contributed by atoms with Gasteiger partial charge in [0.1, 0.15) is 0 Å². The Bertz CT molecular complexity index is 408. The largest absolute Gasteiger partial charge is 0.399 e. The Hall–Kier alpha value is -1.51. The first-order valence-corrected chi connectivity index (χ1v) is 5.35. The quantitative estimate of drug-likeness (QED) is 0.726. The van der Waals surface area contributed by atoms with E-state index in [1.54, 1.807) is 0 Å². The Morgan fingerprint density at radius 2 is 2.00 bits per heavy atom. The number of rotatable bonds is 2. The summed E-state index contributed by atoms with van der Waals surface area (Å²) in [5.41, 5.74) is 8.08. The molecule has 0 bridgehead atoms. The maximum Gasteiger partial charge on any atom is 0.235 e. The topological polar surface area (TPSA) is 55.1 Å². The number of hydrogen-bond acceptors (Lipinski definition) is 2. The van der Waals surface area contributed by atoms with Crippen molar-refractivity contribution in [1.29, 1.82) is 0 Å². The first kappa shape index (κ1) is 10.0. The lowest BCUT2D eigenvalue weighted by molar-refractivity contribution is -0.121. The van der Waals surface area contributed by atoms with Gasteiger partial charge in [0.15, 0.2) is 0 Å². The van der Waals surface area contributed by atoms with Crippen LogP contribution < -0.4 is 11.1 Å². The monoisotopic (exact) mass is 204 g/mol. The highest BCUT2D eigenvalue weighted by molar-refractivity contribution is 6.06. The number of amides is 1. The molecule has 15 heavy (non-hydrogen) atoms. The molecule has 3 nitrogen and oxygen atoms in total. The van der Waals surface area contributed by atoms with Gasteiger partial charge in [-0.15, -0.1) is 0 Å². The van der Waals surface area contributed by atoms with Gasteiger partial charge in [-0.2, -0.15) is 0 Å². The second kappa shape index (κ2) is 3.26. The molecular weight excluding hydrogens is 188 g/mol. The molecule has 0 spiro atoms. The van der Waals surface area contributed by atoms with Crippen LogP contribution in [0.5, 0.6) is 0 Å². The average Bonchev–Trinajstić information content (AvgIpc) is 2.50. The third-order valence-electron chi connectivity index (χ3n) is 3.45. The Kier molecular flexibility index (Phi) is 2.18. The van der Waals surface area contributed by atoms with Gasteiger partial charge in [0.25, 0.3) is 0 Å². The molecule has 1 aliphatic rings. The predicted octanol–water partition coefficient (Wildman–Crippen LogP) is 2.28. The zero-order chi connectivity index (χ0) is 11.1. The summed E-state index contributed by atoms with van der Waals surface area (Å²) in [7, 11) is 0. The number of benzene rings is 1. The number of nitrogens with one attached hydrogen (secondary N) is 1. The van der Waals surface area contributed by atoms with Crippen LogP contribution in [0.3, 0.4) is 0 Å². The zero-order valence-electron chi connectivity index (χ0n) is 9.13. The van der Waals surface area contributed by atoms with Crippen molar-refractivity contribution in [3.05, 3.63) is 23.8 Å². The van der Waals surface area contributed by atoms with Crippen molar-refractivity contribution in [3.63, 3.8) is 0 Å². The first-order chi connectivity index (χ1) is 7.14. The van der Waals surface area contributed by atoms with E-state index < -0.39 is 0 Å². The van der Waals surface area contributed by atoms with E-state index in [-0.39, 0.29) is 11.3 Å². The molecule has 0 atom stereocenters. The fourth-order valence-electron chi connectivity index (χ4n) is 2.38. The number of nitrogen functional groups attached to an aromatic ring is 1. The van der Waals surface area contributed by atoms with E-state index in [1.165, 1.54) is 0 Å². The summed E-state index contributed by atoms with van der Waals surface area (Å²) < 4.78 is 0. The summed E-state index contributed by atoms with van der Waals surface area (Å²) in [5, 5.41) is 2.92. The van der Waals surface area contributed by atoms with Crippen molar-refractivity contribution in [2.45, 2.75) is 32.1 Å². The minimum absolute atomic E-state index is 0.105. The summed E-state index contributed by atoms with van der Waals surface area (Å²) in [4.78, 5) is 12.0. The highest BCUT2D eigenvalue weighted by Crippen LogP contribution is 2.43. The Morgan fingerprint density at radius 1 is 1.33 bits per heavy atom. The van der Waals surface area contributed by atoms with Crippen molar-refractivity contribution in [2.75, 3.05) is 11.1 Å². The van der Waals surface area contributed by atoms with Gasteiger partial charge in [0.05, 0.1) is 5.41 Å². The maximum absolute atomic E-state index is 12.0. The number of hydrogen-bond donors (Lipinski definition) is 2. The van der Waals surface area contributed by atoms with Crippen LogP contribution in [0.1, 0.15) is 32.3 Å². The first-order valence-electron chi connectivity index (χ1n) is 5.35.